The molecule has 16 heavy (non-hydrogen) atoms. The summed E-state index contributed by atoms with van der Waals surface area (Å²) < 4.78 is 0. The van der Waals surface area contributed by atoms with Gasteiger partial charge in [0, 0.05) is 12.4 Å². The highest BCUT2D eigenvalue weighted by atomic mass is 16.1. The third-order valence-electron chi connectivity index (χ3n) is 1.88. The van der Waals surface area contributed by atoms with Gasteiger partial charge in [0.05, 0.1) is 5.56 Å². The Morgan fingerprint density at radius 3 is 2.81 bits per heavy atom. The second kappa shape index (κ2) is 4.35. The minimum absolute atomic E-state index is 0.142. The molecule has 0 atom stereocenters. The van der Waals surface area contributed by atoms with Crippen LogP contribution in [0.2, 0.25) is 0 Å². The number of anilines is 3. The van der Waals surface area contributed by atoms with Crippen molar-refractivity contribution >= 4 is 23.9 Å². The normalized spacial score (nSPS) is 9.75. The van der Waals surface area contributed by atoms with Crippen molar-refractivity contribution in [3.8, 4) is 0 Å². The first-order valence-corrected chi connectivity index (χ1v) is 4.55. The van der Waals surface area contributed by atoms with Gasteiger partial charge in [0.1, 0.15) is 11.6 Å². The molecule has 0 bridgehead atoms. The van der Waals surface area contributed by atoms with E-state index in [1.165, 1.54) is 6.20 Å². The fourth-order valence-corrected chi connectivity index (χ4v) is 1.11. The Morgan fingerprint density at radius 1 is 1.31 bits per heavy atom. The maximum absolute atomic E-state index is 10.5. The summed E-state index contributed by atoms with van der Waals surface area (Å²) in [4.78, 5) is 22.4. The van der Waals surface area contributed by atoms with E-state index in [4.69, 9.17) is 5.73 Å². The average molecular weight is 215 g/mol. The Bertz CT molecular complexity index is 500. The lowest BCUT2D eigenvalue weighted by atomic mass is 10.3. The van der Waals surface area contributed by atoms with E-state index in [1.54, 1.807) is 18.3 Å². The molecule has 2 aromatic rings. The lowest BCUT2D eigenvalue weighted by molar-refractivity contribution is 0.112. The van der Waals surface area contributed by atoms with Crippen molar-refractivity contribution in [2.45, 2.75) is 0 Å². The molecule has 0 fully saturated rings. The number of hydrogen-bond donors (Lipinski definition) is 2. The predicted octanol–water partition coefficient (Wildman–Crippen LogP) is 1.01. The van der Waals surface area contributed by atoms with E-state index in [2.05, 4.69) is 20.3 Å². The fourth-order valence-electron chi connectivity index (χ4n) is 1.11. The van der Waals surface area contributed by atoms with E-state index in [0.717, 1.165) is 0 Å². The number of aldehydes is 1. The molecule has 3 N–H and O–H groups in total. The molecule has 0 saturated carbocycles. The van der Waals surface area contributed by atoms with Gasteiger partial charge in [0.15, 0.2) is 6.29 Å². The molecule has 0 radical (unpaired) electrons. The van der Waals surface area contributed by atoms with Crippen LogP contribution in [-0.4, -0.2) is 21.2 Å². The van der Waals surface area contributed by atoms with E-state index in [-0.39, 0.29) is 11.4 Å². The van der Waals surface area contributed by atoms with E-state index < -0.39 is 0 Å². The number of nitrogens with two attached hydrogens (primary N) is 1. The number of carbonyl (C=O) groups excluding carboxylic acids is 1. The standard InChI is InChI=1S/C10H9N5O/c11-9-7(6-16)5-13-10(15-9)14-8-3-1-2-4-12-8/h1-6H,(H3,11,12,13,14,15). The molecule has 2 heterocycles. The molecule has 0 aliphatic heterocycles. The third kappa shape index (κ3) is 2.11. The molecule has 0 aliphatic carbocycles. The van der Waals surface area contributed by atoms with Crippen molar-refractivity contribution < 1.29 is 4.79 Å². The fraction of sp³-hybridized carbons (Fsp3) is 0. The van der Waals surface area contributed by atoms with Crippen LogP contribution in [0.3, 0.4) is 0 Å². The first kappa shape index (κ1) is 10.0. The first-order chi connectivity index (χ1) is 7.79. The van der Waals surface area contributed by atoms with Gasteiger partial charge in [-0.15, -0.1) is 0 Å². The smallest absolute Gasteiger partial charge is 0.230 e. The van der Waals surface area contributed by atoms with Crippen molar-refractivity contribution in [1.82, 2.24) is 15.0 Å². The van der Waals surface area contributed by atoms with Gasteiger partial charge >= 0.3 is 0 Å². The zero-order valence-corrected chi connectivity index (χ0v) is 8.29. The molecule has 0 spiro atoms. The van der Waals surface area contributed by atoms with Gasteiger partial charge in [-0.25, -0.2) is 9.97 Å². The van der Waals surface area contributed by atoms with Gasteiger partial charge in [0.2, 0.25) is 5.95 Å². The summed E-state index contributed by atoms with van der Waals surface area (Å²) in [6.45, 7) is 0. The summed E-state index contributed by atoms with van der Waals surface area (Å²) >= 11 is 0. The van der Waals surface area contributed by atoms with Crippen molar-refractivity contribution in [1.29, 1.82) is 0 Å². The van der Waals surface area contributed by atoms with Gasteiger partial charge in [-0.2, -0.15) is 4.98 Å². The molecule has 80 valence electrons. The molecular formula is C10H9N5O. The number of nitrogen functional groups attached to an aromatic ring is 1. The largest absolute Gasteiger partial charge is 0.383 e. The highest BCUT2D eigenvalue weighted by molar-refractivity contribution is 5.81. The molecular weight excluding hydrogens is 206 g/mol. The molecule has 0 unspecified atom stereocenters. The van der Waals surface area contributed by atoms with Crippen LogP contribution in [0.15, 0.2) is 30.6 Å². The summed E-state index contributed by atoms with van der Waals surface area (Å²) in [6, 6.07) is 5.40. The van der Waals surface area contributed by atoms with Crippen molar-refractivity contribution in [2.24, 2.45) is 0 Å². The molecule has 0 aromatic carbocycles. The predicted molar refractivity (Wildman–Crippen MR) is 59.4 cm³/mol. The van der Waals surface area contributed by atoms with Crippen LogP contribution in [-0.2, 0) is 0 Å². The maximum atomic E-state index is 10.5. The minimum atomic E-state index is 0.142. The minimum Gasteiger partial charge on any atom is -0.383 e. The van der Waals surface area contributed by atoms with Crippen LogP contribution in [0.25, 0.3) is 0 Å². The number of hydrogen-bond acceptors (Lipinski definition) is 6. The van der Waals surface area contributed by atoms with Crippen LogP contribution in [0, 0.1) is 0 Å². The quantitative estimate of drug-likeness (QED) is 0.742. The highest BCUT2D eigenvalue weighted by Gasteiger charge is 2.03. The second-order valence-electron chi connectivity index (χ2n) is 2.99. The molecule has 0 aliphatic rings. The van der Waals surface area contributed by atoms with Gasteiger partial charge < -0.3 is 11.1 Å². The Hall–Kier alpha value is -2.50. The molecule has 2 aromatic heterocycles. The zero-order valence-electron chi connectivity index (χ0n) is 8.29. The lowest BCUT2D eigenvalue weighted by Gasteiger charge is -2.04. The van der Waals surface area contributed by atoms with Crippen LogP contribution in [0.1, 0.15) is 10.4 Å². The maximum Gasteiger partial charge on any atom is 0.230 e. The average Bonchev–Trinajstić information content (AvgIpc) is 2.31. The van der Waals surface area contributed by atoms with Crippen molar-refractivity contribution in [3.63, 3.8) is 0 Å². The molecule has 2 rings (SSSR count). The van der Waals surface area contributed by atoms with Crippen LogP contribution in [0.5, 0.6) is 0 Å². The first-order valence-electron chi connectivity index (χ1n) is 4.55. The molecule has 6 nitrogen and oxygen atoms in total. The summed E-state index contributed by atoms with van der Waals surface area (Å²) in [6.07, 6.45) is 3.62. The van der Waals surface area contributed by atoms with E-state index in [9.17, 15) is 4.79 Å². The Morgan fingerprint density at radius 2 is 2.19 bits per heavy atom. The van der Waals surface area contributed by atoms with Gasteiger partial charge in [-0.1, -0.05) is 6.07 Å². The SMILES string of the molecule is Nc1nc(Nc2ccccn2)ncc1C=O. The molecule has 0 saturated heterocycles. The van der Waals surface area contributed by atoms with Crippen molar-refractivity contribution in [3.05, 3.63) is 36.2 Å². The van der Waals surface area contributed by atoms with Crippen LogP contribution < -0.4 is 11.1 Å². The Balaban J connectivity index is 2.23. The number of pyridine rings is 1. The number of nitrogens with zero attached hydrogens (tertiary/aromatic N) is 3. The van der Waals surface area contributed by atoms with Gasteiger partial charge in [-0.05, 0) is 12.1 Å². The molecule has 6 heteroatoms. The second-order valence-corrected chi connectivity index (χ2v) is 2.99. The number of carbonyl (C=O) groups is 1. The van der Waals surface area contributed by atoms with E-state index >= 15 is 0 Å². The summed E-state index contributed by atoms with van der Waals surface area (Å²) in [7, 11) is 0. The highest BCUT2D eigenvalue weighted by Crippen LogP contribution is 2.11. The van der Waals surface area contributed by atoms with Crippen LogP contribution in [0.4, 0.5) is 17.6 Å². The third-order valence-corrected chi connectivity index (χ3v) is 1.88. The zero-order chi connectivity index (χ0) is 11.4. The Labute approximate surface area is 91.6 Å². The summed E-state index contributed by atoms with van der Waals surface area (Å²) in [5.74, 6) is 1.06. The van der Waals surface area contributed by atoms with Gasteiger partial charge in [-0.3, -0.25) is 4.79 Å². The summed E-state index contributed by atoms with van der Waals surface area (Å²) in [5.41, 5.74) is 5.81. The monoisotopic (exact) mass is 215 g/mol. The van der Waals surface area contributed by atoms with Gasteiger partial charge in [0.25, 0.3) is 0 Å². The Kier molecular flexibility index (Phi) is 2.73. The van der Waals surface area contributed by atoms with Crippen molar-refractivity contribution in [2.75, 3.05) is 11.1 Å². The molecule has 0 amide bonds. The van der Waals surface area contributed by atoms with Crippen LogP contribution >= 0.6 is 0 Å². The van der Waals surface area contributed by atoms with E-state index in [1.807, 2.05) is 6.07 Å². The lowest BCUT2D eigenvalue weighted by Crippen LogP contribution is -2.03. The van der Waals surface area contributed by atoms with E-state index in [0.29, 0.717) is 18.1 Å². The summed E-state index contributed by atoms with van der Waals surface area (Å²) in [5, 5.41) is 2.87. The number of nitrogens with one attached hydrogen (secondary N) is 1. The topological polar surface area (TPSA) is 93.8 Å². The number of aromatic nitrogens is 3. The number of rotatable bonds is 3.